The molecule has 11 heteroatoms. The van der Waals surface area contributed by atoms with Gasteiger partial charge in [-0.05, 0) is 73.8 Å². The van der Waals surface area contributed by atoms with Crippen LogP contribution in [-0.2, 0) is 37.0 Å². The molecule has 0 radical (unpaired) electrons. The van der Waals surface area contributed by atoms with Crippen molar-refractivity contribution in [1.82, 2.24) is 19.9 Å². The first-order valence-corrected chi connectivity index (χ1v) is 16.4. The average Bonchev–Trinajstić information content (AvgIpc) is 3.31. The molecule has 3 aromatic rings. The number of hydrogen-bond donors (Lipinski definition) is 3. The molecular formula is C35H55N5O6. The number of imidazole rings is 1. The van der Waals surface area contributed by atoms with E-state index in [1.165, 1.54) is 0 Å². The molecule has 0 fully saturated rings. The van der Waals surface area contributed by atoms with Crippen molar-refractivity contribution in [2.45, 2.75) is 124 Å². The zero-order chi connectivity index (χ0) is 34.3. The molecule has 256 valence electrons. The lowest BCUT2D eigenvalue weighted by Gasteiger charge is -2.30. The lowest BCUT2D eigenvalue weighted by atomic mass is 10.0. The van der Waals surface area contributed by atoms with E-state index < -0.39 is 23.2 Å². The number of benzene rings is 1. The standard InChI is InChI=1S/C35H55N5O6/c1-11-23(3)20-46-34(7,8)17-18-45-35(9,10)19-28(41)36-24(4)32(42)39-31-29-30(25-15-13-14-16-26(25)37-31)40(22-33(5,6)43)27(38-29)21-44-12-2/h13-16,23-24,43H,11-12,17-22H2,1-10H3,(H,36,41)(H,37,39,42)/t23?,24-/m0/s1. The van der Waals surface area contributed by atoms with Crippen molar-refractivity contribution in [3.63, 3.8) is 0 Å². The first-order chi connectivity index (χ1) is 21.4. The van der Waals surface area contributed by atoms with Crippen LogP contribution in [0.4, 0.5) is 5.82 Å². The molecule has 1 unspecified atom stereocenters. The molecule has 0 saturated carbocycles. The molecule has 0 aliphatic carbocycles. The van der Waals surface area contributed by atoms with E-state index >= 15 is 0 Å². The van der Waals surface area contributed by atoms with E-state index in [1.54, 1.807) is 20.8 Å². The predicted molar refractivity (Wildman–Crippen MR) is 182 cm³/mol. The number of nitrogens with zero attached hydrogens (tertiary/aromatic N) is 3. The summed E-state index contributed by atoms with van der Waals surface area (Å²) in [4.78, 5) is 35.9. The largest absolute Gasteiger partial charge is 0.389 e. The molecule has 0 saturated heterocycles. The third kappa shape index (κ3) is 10.7. The SMILES string of the molecule is CCOCc1nc2c(NC(=O)[C@H](C)NC(=O)CC(C)(C)OCCC(C)(C)OCC(C)CC)nc3ccccc3c2n1CC(C)(C)O. The topological polar surface area (TPSA) is 137 Å². The van der Waals surface area contributed by atoms with Gasteiger partial charge in [0.2, 0.25) is 11.8 Å². The number of carbonyl (C=O) groups excluding carboxylic acids is 2. The second-order valence-electron chi connectivity index (χ2n) is 14.1. The van der Waals surface area contributed by atoms with Crippen LogP contribution in [0.2, 0.25) is 0 Å². The predicted octanol–water partition coefficient (Wildman–Crippen LogP) is 5.75. The van der Waals surface area contributed by atoms with Gasteiger partial charge in [-0.25, -0.2) is 9.97 Å². The maximum absolute atomic E-state index is 13.4. The number of aromatic nitrogens is 3. The summed E-state index contributed by atoms with van der Waals surface area (Å²) in [6.45, 7) is 21.3. The van der Waals surface area contributed by atoms with E-state index in [1.807, 2.05) is 49.6 Å². The van der Waals surface area contributed by atoms with E-state index in [-0.39, 0.29) is 36.9 Å². The molecule has 2 amide bonds. The quantitative estimate of drug-likeness (QED) is 0.160. The van der Waals surface area contributed by atoms with Gasteiger partial charge in [0.1, 0.15) is 24.0 Å². The molecule has 2 atom stereocenters. The fourth-order valence-electron chi connectivity index (χ4n) is 4.98. The van der Waals surface area contributed by atoms with Crippen molar-refractivity contribution in [2.75, 3.05) is 25.1 Å². The highest BCUT2D eigenvalue weighted by molar-refractivity contribution is 6.10. The number of nitrogens with one attached hydrogen (secondary N) is 2. The Morgan fingerprint density at radius 3 is 2.35 bits per heavy atom. The number of para-hydroxylation sites is 1. The third-order valence-corrected chi connectivity index (χ3v) is 7.89. The maximum Gasteiger partial charge on any atom is 0.247 e. The number of carbonyl (C=O) groups is 2. The summed E-state index contributed by atoms with van der Waals surface area (Å²) in [5.41, 5.74) is -0.213. The Labute approximate surface area is 273 Å². The van der Waals surface area contributed by atoms with Crippen molar-refractivity contribution in [3.8, 4) is 0 Å². The van der Waals surface area contributed by atoms with Gasteiger partial charge in [0.15, 0.2) is 5.82 Å². The van der Waals surface area contributed by atoms with Crippen LogP contribution >= 0.6 is 0 Å². The Morgan fingerprint density at radius 1 is 1.00 bits per heavy atom. The number of anilines is 1. The molecule has 3 N–H and O–H groups in total. The summed E-state index contributed by atoms with van der Waals surface area (Å²) >= 11 is 0. The number of rotatable bonds is 18. The summed E-state index contributed by atoms with van der Waals surface area (Å²) in [5.74, 6) is 0.650. The van der Waals surface area contributed by atoms with E-state index in [2.05, 4.69) is 38.3 Å². The molecule has 0 aliphatic heterocycles. The highest BCUT2D eigenvalue weighted by atomic mass is 16.5. The van der Waals surface area contributed by atoms with Crippen LogP contribution in [0, 0.1) is 5.92 Å². The van der Waals surface area contributed by atoms with Crippen molar-refractivity contribution in [1.29, 1.82) is 0 Å². The van der Waals surface area contributed by atoms with E-state index in [0.29, 0.717) is 49.0 Å². The van der Waals surface area contributed by atoms with E-state index in [9.17, 15) is 14.7 Å². The van der Waals surface area contributed by atoms with E-state index in [0.717, 1.165) is 17.3 Å². The molecule has 11 nitrogen and oxygen atoms in total. The maximum atomic E-state index is 13.4. The Bertz CT molecular complexity index is 1480. The normalized spacial score (nSPS) is 14.1. The summed E-state index contributed by atoms with van der Waals surface area (Å²) in [7, 11) is 0. The van der Waals surface area contributed by atoms with Gasteiger partial charge in [-0.15, -0.1) is 0 Å². The van der Waals surface area contributed by atoms with Crippen molar-refractivity contribution in [2.24, 2.45) is 5.92 Å². The van der Waals surface area contributed by atoms with Gasteiger partial charge in [-0.1, -0.05) is 38.5 Å². The van der Waals surface area contributed by atoms with Crippen LogP contribution in [-0.4, -0.2) is 74.1 Å². The smallest absolute Gasteiger partial charge is 0.247 e. The highest BCUT2D eigenvalue weighted by Gasteiger charge is 2.28. The lowest BCUT2D eigenvalue weighted by Crippen LogP contribution is -2.44. The minimum Gasteiger partial charge on any atom is -0.389 e. The third-order valence-electron chi connectivity index (χ3n) is 7.89. The van der Waals surface area contributed by atoms with Crippen molar-refractivity contribution in [3.05, 3.63) is 30.1 Å². The first kappa shape index (κ1) is 37.3. The zero-order valence-electron chi connectivity index (χ0n) is 29.5. The fourth-order valence-corrected chi connectivity index (χ4v) is 4.98. The van der Waals surface area contributed by atoms with Gasteiger partial charge in [-0.3, -0.25) is 9.59 Å². The number of amides is 2. The first-order valence-electron chi connectivity index (χ1n) is 16.4. The van der Waals surface area contributed by atoms with Gasteiger partial charge in [0.05, 0.1) is 47.4 Å². The Morgan fingerprint density at radius 2 is 1.70 bits per heavy atom. The minimum atomic E-state index is -1.03. The Balaban J connectivity index is 1.72. The molecule has 1 aromatic carbocycles. The Hall–Kier alpha value is -3.12. The molecular weight excluding hydrogens is 586 g/mol. The van der Waals surface area contributed by atoms with Gasteiger partial charge in [0.25, 0.3) is 0 Å². The van der Waals surface area contributed by atoms with Gasteiger partial charge in [-0.2, -0.15) is 0 Å². The van der Waals surface area contributed by atoms with Gasteiger partial charge >= 0.3 is 0 Å². The van der Waals surface area contributed by atoms with Crippen LogP contribution < -0.4 is 10.6 Å². The molecule has 2 aromatic heterocycles. The van der Waals surface area contributed by atoms with Crippen molar-refractivity contribution >= 4 is 39.6 Å². The highest BCUT2D eigenvalue weighted by Crippen LogP contribution is 2.32. The molecule has 46 heavy (non-hydrogen) atoms. The second-order valence-corrected chi connectivity index (χ2v) is 14.1. The van der Waals surface area contributed by atoms with Crippen molar-refractivity contribution < 1.29 is 28.9 Å². The fraction of sp³-hybridized carbons (Fsp3) is 0.657. The zero-order valence-corrected chi connectivity index (χ0v) is 29.5. The number of ether oxygens (including phenoxy) is 3. The number of aliphatic hydroxyl groups is 1. The monoisotopic (exact) mass is 641 g/mol. The van der Waals surface area contributed by atoms with Crippen LogP contribution in [0.25, 0.3) is 21.9 Å². The van der Waals surface area contributed by atoms with Gasteiger partial charge < -0.3 is 34.5 Å². The minimum absolute atomic E-state index is 0.0827. The van der Waals surface area contributed by atoms with Crippen LogP contribution in [0.15, 0.2) is 24.3 Å². The lowest BCUT2D eigenvalue weighted by molar-refractivity contribution is -0.132. The summed E-state index contributed by atoms with van der Waals surface area (Å²) in [6, 6.07) is 6.74. The Kier molecular flexibility index (Phi) is 12.7. The molecule has 0 spiro atoms. The molecule has 3 rings (SSSR count). The second kappa shape index (κ2) is 15.6. The molecule has 0 bridgehead atoms. The van der Waals surface area contributed by atoms with Crippen LogP contribution in [0.1, 0.15) is 94.3 Å². The summed E-state index contributed by atoms with van der Waals surface area (Å²) in [5, 5.41) is 17.3. The molecule has 2 heterocycles. The summed E-state index contributed by atoms with van der Waals surface area (Å²) in [6.07, 6.45) is 1.84. The summed E-state index contributed by atoms with van der Waals surface area (Å²) < 4.78 is 19.8. The van der Waals surface area contributed by atoms with Crippen LogP contribution in [0.3, 0.4) is 0 Å². The number of pyridine rings is 1. The molecule has 0 aliphatic rings. The average molecular weight is 642 g/mol. The van der Waals surface area contributed by atoms with E-state index in [4.69, 9.17) is 24.2 Å². The van der Waals surface area contributed by atoms with Crippen LogP contribution in [0.5, 0.6) is 0 Å². The number of hydrogen-bond acceptors (Lipinski definition) is 8. The number of fused-ring (bicyclic) bond motifs is 3. The van der Waals surface area contributed by atoms with Gasteiger partial charge in [0, 0.05) is 18.6 Å².